The van der Waals surface area contributed by atoms with Crippen molar-refractivity contribution in [1.29, 1.82) is 0 Å². The molecule has 2 aliphatic rings. The molecular formula is C16H17ClFN3O3. The van der Waals surface area contributed by atoms with Gasteiger partial charge in [0.05, 0.1) is 23.6 Å². The lowest BCUT2D eigenvalue weighted by molar-refractivity contribution is -0.139. The molecular weight excluding hydrogens is 337 g/mol. The summed E-state index contributed by atoms with van der Waals surface area (Å²) in [4.78, 5) is 20.0. The van der Waals surface area contributed by atoms with Crippen LogP contribution in [0.25, 0.3) is 0 Å². The van der Waals surface area contributed by atoms with Crippen LogP contribution in [0.2, 0.25) is 5.02 Å². The molecule has 1 aliphatic carbocycles. The SMILES string of the molecule is COc1c(Cl)ccc(C2=NC(C(=O)O)C(C3CCC3)C(N)=N2)c1F. The van der Waals surface area contributed by atoms with Crippen LogP contribution in [0.1, 0.15) is 24.8 Å². The molecule has 3 rings (SSSR count). The maximum absolute atomic E-state index is 14.6. The lowest BCUT2D eigenvalue weighted by Gasteiger charge is -2.37. The Morgan fingerprint density at radius 2 is 2.17 bits per heavy atom. The van der Waals surface area contributed by atoms with Crippen LogP contribution in [0.4, 0.5) is 4.39 Å². The molecule has 0 amide bonds. The molecule has 128 valence electrons. The Bertz CT molecular complexity index is 746. The van der Waals surface area contributed by atoms with Crippen molar-refractivity contribution in [3.8, 4) is 5.75 Å². The number of hydrogen-bond acceptors (Lipinski definition) is 5. The van der Waals surface area contributed by atoms with Gasteiger partial charge in [0.25, 0.3) is 0 Å². The average Bonchev–Trinajstić information content (AvgIpc) is 2.47. The second-order valence-corrected chi connectivity index (χ2v) is 6.34. The Balaban J connectivity index is 2.04. The molecule has 1 aromatic carbocycles. The van der Waals surface area contributed by atoms with Crippen LogP contribution in [0, 0.1) is 17.7 Å². The van der Waals surface area contributed by atoms with E-state index in [1.54, 1.807) is 0 Å². The number of methoxy groups -OCH3 is 1. The van der Waals surface area contributed by atoms with Crippen molar-refractivity contribution < 1.29 is 19.0 Å². The fourth-order valence-electron chi connectivity index (χ4n) is 3.13. The topological polar surface area (TPSA) is 97.3 Å². The molecule has 1 fully saturated rings. The van der Waals surface area contributed by atoms with E-state index in [1.165, 1.54) is 19.2 Å². The number of halogens is 2. The first kappa shape index (κ1) is 16.7. The largest absolute Gasteiger partial charge is 0.492 e. The van der Waals surface area contributed by atoms with Crippen molar-refractivity contribution in [2.24, 2.45) is 27.6 Å². The summed E-state index contributed by atoms with van der Waals surface area (Å²) in [5.41, 5.74) is 6.03. The van der Waals surface area contributed by atoms with E-state index in [1.807, 2.05) is 0 Å². The summed E-state index contributed by atoms with van der Waals surface area (Å²) in [5, 5.41) is 9.62. The fourth-order valence-corrected chi connectivity index (χ4v) is 3.35. The molecule has 0 spiro atoms. The van der Waals surface area contributed by atoms with E-state index < -0.39 is 23.7 Å². The summed E-state index contributed by atoms with van der Waals surface area (Å²) in [5.74, 6) is -2.14. The normalized spacial score (nSPS) is 24.0. The molecule has 1 saturated carbocycles. The molecule has 0 aromatic heterocycles. The van der Waals surface area contributed by atoms with Gasteiger partial charge < -0.3 is 15.6 Å². The average molecular weight is 354 g/mol. The maximum atomic E-state index is 14.6. The molecule has 8 heteroatoms. The zero-order chi connectivity index (χ0) is 17.4. The van der Waals surface area contributed by atoms with E-state index in [0.717, 1.165) is 19.3 Å². The number of aliphatic carboxylic acids is 1. The quantitative estimate of drug-likeness (QED) is 0.868. The fraction of sp³-hybridized carbons (Fsp3) is 0.438. The number of amidine groups is 2. The summed E-state index contributed by atoms with van der Waals surface area (Å²) in [6.45, 7) is 0. The van der Waals surface area contributed by atoms with E-state index in [0.29, 0.717) is 0 Å². The first-order valence-corrected chi connectivity index (χ1v) is 7.98. The van der Waals surface area contributed by atoms with E-state index in [-0.39, 0.29) is 33.9 Å². The zero-order valence-electron chi connectivity index (χ0n) is 13.0. The molecule has 0 saturated heterocycles. The molecule has 0 radical (unpaired) electrons. The van der Waals surface area contributed by atoms with E-state index in [2.05, 4.69) is 9.98 Å². The number of hydrogen-bond donors (Lipinski definition) is 2. The second kappa shape index (κ2) is 6.39. The van der Waals surface area contributed by atoms with Crippen LogP contribution < -0.4 is 10.5 Å². The first-order valence-electron chi connectivity index (χ1n) is 7.61. The minimum Gasteiger partial charge on any atom is -0.492 e. The highest BCUT2D eigenvalue weighted by Gasteiger charge is 2.42. The van der Waals surface area contributed by atoms with Crippen LogP contribution in [-0.2, 0) is 4.79 Å². The monoisotopic (exact) mass is 353 g/mol. The summed E-state index contributed by atoms with van der Waals surface area (Å²) >= 11 is 5.88. The predicted octanol–water partition coefficient (Wildman–Crippen LogP) is 2.47. The highest BCUT2D eigenvalue weighted by Crippen LogP contribution is 2.38. The van der Waals surface area contributed by atoms with Gasteiger partial charge in [0.2, 0.25) is 0 Å². The number of aliphatic imine (C=N–C) groups is 2. The molecule has 2 atom stereocenters. The highest BCUT2D eigenvalue weighted by atomic mass is 35.5. The number of nitrogens with zero attached hydrogens (tertiary/aromatic N) is 2. The molecule has 1 aromatic rings. The number of carboxylic acid groups (broad SMARTS) is 1. The van der Waals surface area contributed by atoms with Crippen molar-refractivity contribution >= 4 is 29.2 Å². The third-order valence-electron chi connectivity index (χ3n) is 4.58. The van der Waals surface area contributed by atoms with Crippen molar-refractivity contribution in [3.63, 3.8) is 0 Å². The number of carbonyl (C=O) groups is 1. The van der Waals surface area contributed by atoms with Gasteiger partial charge in [-0.1, -0.05) is 18.0 Å². The number of nitrogens with two attached hydrogens (primary N) is 1. The lowest BCUT2D eigenvalue weighted by Crippen LogP contribution is -2.47. The number of rotatable bonds is 4. The van der Waals surface area contributed by atoms with Gasteiger partial charge in [-0.2, -0.15) is 0 Å². The Morgan fingerprint density at radius 3 is 2.71 bits per heavy atom. The van der Waals surface area contributed by atoms with Gasteiger partial charge in [-0.3, -0.25) is 0 Å². The van der Waals surface area contributed by atoms with Crippen molar-refractivity contribution in [1.82, 2.24) is 0 Å². The molecule has 0 bridgehead atoms. The van der Waals surface area contributed by atoms with Crippen molar-refractivity contribution in [2.75, 3.05) is 7.11 Å². The third kappa shape index (κ3) is 2.73. The van der Waals surface area contributed by atoms with Crippen molar-refractivity contribution in [2.45, 2.75) is 25.3 Å². The Labute approximate surface area is 143 Å². The zero-order valence-corrected chi connectivity index (χ0v) is 13.8. The van der Waals surface area contributed by atoms with Gasteiger partial charge >= 0.3 is 5.97 Å². The summed E-state index contributed by atoms with van der Waals surface area (Å²) in [6.07, 6.45) is 2.84. The summed E-state index contributed by atoms with van der Waals surface area (Å²) in [6, 6.07) is 1.77. The highest BCUT2D eigenvalue weighted by molar-refractivity contribution is 6.32. The predicted molar refractivity (Wildman–Crippen MR) is 88.4 cm³/mol. The third-order valence-corrected chi connectivity index (χ3v) is 4.88. The Kier molecular flexibility index (Phi) is 4.45. The van der Waals surface area contributed by atoms with E-state index >= 15 is 0 Å². The summed E-state index contributed by atoms with van der Waals surface area (Å²) < 4.78 is 19.5. The van der Waals surface area contributed by atoms with Crippen LogP contribution in [0.3, 0.4) is 0 Å². The van der Waals surface area contributed by atoms with Gasteiger partial charge in [0.1, 0.15) is 5.84 Å². The summed E-state index contributed by atoms with van der Waals surface area (Å²) in [7, 11) is 1.29. The van der Waals surface area contributed by atoms with Crippen molar-refractivity contribution in [3.05, 3.63) is 28.5 Å². The van der Waals surface area contributed by atoms with Gasteiger partial charge in [-0.15, -0.1) is 0 Å². The van der Waals surface area contributed by atoms with Gasteiger partial charge in [-0.25, -0.2) is 19.2 Å². The molecule has 1 heterocycles. The minimum absolute atomic E-state index is 0.0116. The van der Waals surface area contributed by atoms with E-state index in [9.17, 15) is 14.3 Å². The van der Waals surface area contributed by atoms with E-state index in [4.69, 9.17) is 22.1 Å². The molecule has 3 N–H and O–H groups in total. The smallest absolute Gasteiger partial charge is 0.329 e. The Hall–Kier alpha value is -2.15. The molecule has 1 aliphatic heterocycles. The van der Waals surface area contributed by atoms with Gasteiger partial charge in [0, 0.05) is 0 Å². The maximum Gasteiger partial charge on any atom is 0.329 e. The van der Waals surface area contributed by atoms with Gasteiger partial charge in [0.15, 0.2) is 23.4 Å². The van der Waals surface area contributed by atoms with Gasteiger partial charge in [-0.05, 0) is 30.9 Å². The second-order valence-electron chi connectivity index (χ2n) is 5.93. The van der Waals surface area contributed by atoms with Crippen LogP contribution in [-0.4, -0.2) is 35.9 Å². The molecule has 6 nitrogen and oxygen atoms in total. The number of ether oxygens (including phenoxy) is 1. The first-order chi connectivity index (χ1) is 11.4. The lowest BCUT2D eigenvalue weighted by atomic mass is 9.72. The van der Waals surface area contributed by atoms with Crippen LogP contribution in [0.15, 0.2) is 22.1 Å². The molecule has 24 heavy (non-hydrogen) atoms. The number of benzene rings is 1. The van der Waals surface area contributed by atoms with Crippen LogP contribution >= 0.6 is 11.6 Å². The number of carboxylic acids is 1. The minimum atomic E-state index is -1.09. The van der Waals surface area contributed by atoms with Crippen LogP contribution in [0.5, 0.6) is 5.75 Å². The molecule has 2 unspecified atom stereocenters. The Morgan fingerprint density at radius 1 is 1.46 bits per heavy atom. The standard InChI is InChI=1S/C16H17ClFN3O3/c1-24-13-9(17)6-5-8(11(13)18)15-20-12(16(22)23)10(14(19)21-15)7-3-2-4-7/h5-7,10,12H,2-4H2,1H3,(H,22,23)(H2,19,20,21).